The third kappa shape index (κ3) is 4.86. The molecule has 0 bridgehead atoms. The molecule has 0 fully saturated rings. The molecule has 1 N–H and O–H groups in total. The van der Waals surface area contributed by atoms with Gasteiger partial charge >= 0.3 is 0 Å². The Balaban J connectivity index is 2.13. The van der Waals surface area contributed by atoms with E-state index >= 15 is 0 Å². The van der Waals surface area contributed by atoms with Crippen LogP contribution in [0.2, 0.25) is 5.02 Å². The summed E-state index contributed by atoms with van der Waals surface area (Å²) in [4.78, 5) is 0. The topological polar surface area (TPSA) is 30.5 Å². The van der Waals surface area contributed by atoms with E-state index < -0.39 is 0 Å². The molecule has 130 valence electrons. The lowest BCUT2D eigenvalue weighted by atomic mass is 10.1. The van der Waals surface area contributed by atoms with Crippen molar-refractivity contribution in [2.45, 2.75) is 39.5 Å². The molecule has 2 aromatic carbocycles. The average molecular weight is 352 g/mol. The Labute approximate surface area is 147 Å². The van der Waals surface area contributed by atoms with Crippen LogP contribution < -0.4 is 14.8 Å². The maximum atomic E-state index is 13.7. The Kier molecular flexibility index (Phi) is 6.88. The van der Waals surface area contributed by atoms with Crippen LogP contribution in [0.1, 0.15) is 31.4 Å². The number of methoxy groups -OCH3 is 1. The molecule has 0 unspecified atom stereocenters. The van der Waals surface area contributed by atoms with E-state index in [9.17, 15) is 4.39 Å². The van der Waals surface area contributed by atoms with E-state index in [0.717, 1.165) is 12.0 Å². The molecule has 0 heterocycles. The fourth-order valence-corrected chi connectivity index (χ4v) is 2.50. The van der Waals surface area contributed by atoms with Crippen molar-refractivity contribution in [3.8, 4) is 11.5 Å². The fourth-order valence-electron chi connectivity index (χ4n) is 2.22. The monoisotopic (exact) mass is 351 g/mol. The van der Waals surface area contributed by atoms with Crippen LogP contribution in [0.25, 0.3) is 0 Å². The predicted octanol–water partition coefficient (Wildman–Crippen LogP) is 4.95. The Morgan fingerprint density at radius 3 is 2.67 bits per heavy atom. The number of hydrogen-bond acceptors (Lipinski definition) is 3. The quantitative estimate of drug-likeness (QED) is 0.729. The highest BCUT2D eigenvalue weighted by molar-refractivity contribution is 6.32. The van der Waals surface area contributed by atoms with Gasteiger partial charge in [-0.3, -0.25) is 0 Å². The number of halogens is 2. The zero-order valence-electron chi connectivity index (χ0n) is 14.2. The lowest BCUT2D eigenvalue weighted by molar-refractivity contribution is 0.279. The highest BCUT2D eigenvalue weighted by Crippen LogP contribution is 2.37. The molecule has 24 heavy (non-hydrogen) atoms. The van der Waals surface area contributed by atoms with Crippen molar-refractivity contribution in [3.05, 3.63) is 58.4 Å². The molecule has 0 aliphatic carbocycles. The van der Waals surface area contributed by atoms with Crippen molar-refractivity contribution in [2.24, 2.45) is 0 Å². The molecule has 0 aliphatic rings. The second-order valence-electron chi connectivity index (χ2n) is 5.68. The van der Waals surface area contributed by atoms with Crippen molar-refractivity contribution < 1.29 is 13.9 Å². The van der Waals surface area contributed by atoms with E-state index in [4.69, 9.17) is 21.1 Å². The van der Waals surface area contributed by atoms with Crippen molar-refractivity contribution in [2.75, 3.05) is 7.11 Å². The van der Waals surface area contributed by atoms with Crippen molar-refractivity contribution in [3.63, 3.8) is 0 Å². The Morgan fingerprint density at radius 2 is 2.00 bits per heavy atom. The van der Waals surface area contributed by atoms with Crippen LogP contribution in [0.3, 0.4) is 0 Å². The molecule has 5 heteroatoms. The number of ether oxygens (including phenoxy) is 2. The first kappa shape index (κ1) is 18.6. The molecule has 3 nitrogen and oxygen atoms in total. The van der Waals surface area contributed by atoms with Crippen LogP contribution in [-0.2, 0) is 13.2 Å². The first-order valence-electron chi connectivity index (χ1n) is 8.01. The third-order valence-electron chi connectivity index (χ3n) is 3.89. The molecule has 0 saturated heterocycles. The van der Waals surface area contributed by atoms with Gasteiger partial charge in [-0.2, -0.15) is 0 Å². The molecule has 0 spiro atoms. The molecule has 0 saturated carbocycles. The number of rotatable bonds is 8. The van der Waals surface area contributed by atoms with Gasteiger partial charge in [-0.1, -0.05) is 36.7 Å². The minimum absolute atomic E-state index is 0.0905. The van der Waals surface area contributed by atoms with E-state index in [1.54, 1.807) is 25.3 Å². The normalized spacial score (nSPS) is 12.0. The van der Waals surface area contributed by atoms with Crippen LogP contribution in [0.5, 0.6) is 11.5 Å². The van der Waals surface area contributed by atoms with Gasteiger partial charge in [0.25, 0.3) is 0 Å². The van der Waals surface area contributed by atoms with Crippen LogP contribution in [0, 0.1) is 5.82 Å². The smallest absolute Gasteiger partial charge is 0.180 e. The summed E-state index contributed by atoms with van der Waals surface area (Å²) in [6, 6.07) is 10.7. The summed E-state index contributed by atoms with van der Waals surface area (Å²) in [5.74, 6) is 0.663. The first-order valence-corrected chi connectivity index (χ1v) is 8.39. The summed E-state index contributed by atoms with van der Waals surface area (Å²) >= 11 is 6.34. The highest BCUT2D eigenvalue weighted by Gasteiger charge is 2.13. The lowest BCUT2D eigenvalue weighted by Crippen LogP contribution is -2.24. The van der Waals surface area contributed by atoms with Gasteiger partial charge in [-0.25, -0.2) is 4.39 Å². The fraction of sp³-hybridized carbons (Fsp3) is 0.368. The van der Waals surface area contributed by atoms with E-state index in [-0.39, 0.29) is 12.4 Å². The zero-order chi connectivity index (χ0) is 17.5. The molecular formula is C19H23ClFNO2. The second kappa shape index (κ2) is 8.90. The molecule has 1 atom stereocenters. The maximum absolute atomic E-state index is 13.7. The summed E-state index contributed by atoms with van der Waals surface area (Å²) in [5, 5.41) is 3.86. The highest BCUT2D eigenvalue weighted by atomic mass is 35.5. The largest absolute Gasteiger partial charge is 0.493 e. The summed E-state index contributed by atoms with van der Waals surface area (Å²) in [6.45, 7) is 5.04. The van der Waals surface area contributed by atoms with Crippen LogP contribution in [0.15, 0.2) is 36.4 Å². The Bertz CT molecular complexity index is 678. The number of nitrogens with one attached hydrogen (secondary N) is 1. The molecule has 0 amide bonds. The summed E-state index contributed by atoms with van der Waals surface area (Å²) < 4.78 is 24.8. The summed E-state index contributed by atoms with van der Waals surface area (Å²) in [6.07, 6.45) is 1.05. The maximum Gasteiger partial charge on any atom is 0.180 e. The van der Waals surface area contributed by atoms with Gasteiger partial charge in [0, 0.05) is 18.2 Å². The SMILES string of the molecule is CC[C@@H](C)NCc1cc(Cl)c(OCc2ccccc2F)c(OC)c1. The molecular weight excluding hydrogens is 329 g/mol. The minimum Gasteiger partial charge on any atom is -0.493 e. The molecule has 0 aliphatic heterocycles. The van der Waals surface area contributed by atoms with Gasteiger partial charge in [0.15, 0.2) is 11.5 Å². The van der Waals surface area contributed by atoms with Crippen LogP contribution in [0.4, 0.5) is 4.39 Å². The lowest BCUT2D eigenvalue weighted by Gasteiger charge is -2.16. The Hall–Kier alpha value is -1.78. The van der Waals surface area contributed by atoms with Gasteiger partial charge in [0.1, 0.15) is 12.4 Å². The number of benzene rings is 2. The second-order valence-corrected chi connectivity index (χ2v) is 6.09. The summed E-state index contributed by atoms with van der Waals surface area (Å²) in [5.41, 5.74) is 1.48. The molecule has 0 radical (unpaired) electrons. The van der Waals surface area contributed by atoms with E-state index in [2.05, 4.69) is 19.2 Å². The van der Waals surface area contributed by atoms with E-state index in [1.807, 2.05) is 12.1 Å². The van der Waals surface area contributed by atoms with Crippen molar-refractivity contribution in [1.82, 2.24) is 5.32 Å². The summed E-state index contributed by atoms with van der Waals surface area (Å²) in [7, 11) is 1.56. The van der Waals surface area contributed by atoms with Crippen LogP contribution >= 0.6 is 11.6 Å². The standard InChI is InChI=1S/C19H23ClFNO2/c1-4-13(2)22-11-14-9-16(20)19(18(10-14)23-3)24-12-15-7-5-6-8-17(15)21/h5-10,13,22H,4,11-12H2,1-3H3/t13-/m1/s1. The van der Waals surface area contributed by atoms with Crippen molar-refractivity contribution in [1.29, 1.82) is 0 Å². The van der Waals surface area contributed by atoms with E-state index in [0.29, 0.717) is 34.7 Å². The van der Waals surface area contributed by atoms with Gasteiger partial charge in [-0.15, -0.1) is 0 Å². The van der Waals surface area contributed by atoms with E-state index in [1.165, 1.54) is 6.07 Å². The van der Waals surface area contributed by atoms with Crippen molar-refractivity contribution >= 4 is 11.6 Å². The van der Waals surface area contributed by atoms with Gasteiger partial charge < -0.3 is 14.8 Å². The molecule has 0 aromatic heterocycles. The van der Waals surface area contributed by atoms with Gasteiger partial charge in [0.05, 0.1) is 12.1 Å². The number of hydrogen-bond donors (Lipinski definition) is 1. The Morgan fingerprint density at radius 1 is 1.25 bits per heavy atom. The molecule has 2 rings (SSSR count). The van der Waals surface area contributed by atoms with Gasteiger partial charge in [0.2, 0.25) is 0 Å². The third-order valence-corrected chi connectivity index (χ3v) is 4.17. The minimum atomic E-state index is -0.304. The van der Waals surface area contributed by atoms with Crippen LogP contribution in [-0.4, -0.2) is 13.2 Å². The molecule has 2 aromatic rings. The van der Waals surface area contributed by atoms with Gasteiger partial charge in [-0.05, 0) is 37.1 Å². The average Bonchev–Trinajstić information content (AvgIpc) is 2.59. The predicted molar refractivity (Wildman–Crippen MR) is 95.3 cm³/mol. The first-order chi connectivity index (χ1) is 11.5. The zero-order valence-corrected chi connectivity index (χ0v) is 15.0.